The van der Waals surface area contributed by atoms with Crippen molar-refractivity contribution >= 4 is 38.9 Å². The third-order valence-corrected chi connectivity index (χ3v) is 2.76. The lowest BCUT2D eigenvalue weighted by molar-refractivity contribution is 0.0603. The number of benzene rings is 1. The Morgan fingerprint density at radius 3 is 3.12 bits per heavy atom. The zero-order valence-electron chi connectivity index (χ0n) is 9.24. The number of halogens is 1. The van der Waals surface area contributed by atoms with Gasteiger partial charge in [0.2, 0.25) is 0 Å². The summed E-state index contributed by atoms with van der Waals surface area (Å²) >= 11 is 3.31. The number of allylic oxidation sites excluding steroid dienone is 1. The van der Waals surface area contributed by atoms with Gasteiger partial charge in [-0.15, -0.1) is 0 Å². The molecule has 4 nitrogen and oxygen atoms in total. The van der Waals surface area contributed by atoms with E-state index in [0.717, 1.165) is 21.8 Å². The number of alkyl halides is 1. The molecule has 1 N–H and O–H groups in total. The molecule has 1 aromatic heterocycles. The lowest BCUT2D eigenvalue weighted by Gasteiger charge is -2.02. The van der Waals surface area contributed by atoms with Crippen LogP contribution in [0, 0.1) is 0 Å². The molecule has 0 aliphatic rings. The summed E-state index contributed by atoms with van der Waals surface area (Å²) in [5, 5.41) is 8.32. The maximum atomic E-state index is 11.7. The summed E-state index contributed by atoms with van der Waals surface area (Å²) in [7, 11) is 1.37. The average molecular weight is 295 g/mol. The summed E-state index contributed by atoms with van der Waals surface area (Å²) in [5.41, 5.74) is 2.27. The van der Waals surface area contributed by atoms with Crippen molar-refractivity contribution in [1.29, 1.82) is 0 Å². The van der Waals surface area contributed by atoms with E-state index >= 15 is 0 Å². The largest absolute Gasteiger partial charge is 0.465 e. The number of carbonyl (C=O) groups is 1. The van der Waals surface area contributed by atoms with Gasteiger partial charge in [-0.05, 0) is 17.7 Å². The minimum atomic E-state index is -0.356. The van der Waals surface area contributed by atoms with Crippen LogP contribution in [0.5, 0.6) is 0 Å². The molecule has 2 aromatic rings. The topological polar surface area (TPSA) is 55.0 Å². The van der Waals surface area contributed by atoms with Gasteiger partial charge in [0.15, 0.2) is 0 Å². The zero-order valence-corrected chi connectivity index (χ0v) is 10.8. The molecule has 0 bridgehead atoms. The number of methoxy groups -OCH3 is 1. The van der Waals surface area contributed by atoms with Crippen molar-refractivity contribution in [2.75, 3.05) is 12.4 Å². The van der Waals surface area contributed by atoms with Crippen molar-refractivity contribution in [1.82, 2.24) is 10.2 Å². The lowest BCUT2D eigenvalue weighted by Crippen LogP contribution is -2.02. The summed E-state index contributed by atoms with van der Waals surface area (Å²) in [5.74, 6) is -0.356. The van der Waals surface area contributed by atoms with Crippen molar-refractivity contribution in [2.45, 2.75) is 0 Å². The molecular formula is C12H11BrN2O2. The van der Waals surface area contributed by atoms with E-state index in [2.05, 4.69) is 26.1 Å². The number of nitrogens with one attached hydrogen (secondary N) is 1. The van der Waals surface area contributed by atoms with Crippen molar-refractivity contribution < 1.29 is 9.53 Å². The number of aromatic nitrogens is 2. The van der Waals surface area contributed by atoms with Crippen LogP contribution in [0.15, 0.2) is 24.4 Å². The number of H-pyrrole nitrogens is 1. The van der Waals surface area contributed by atoms with Crippen LogP contribution < -0.4 is 0 Å². The van der Waals surface area contributed by atoms with E-state index in [9.17, 15) is 4.79 Å². The molecular weight excluding hydrogens is 284 g/mol. The summed E-state index contributed by atoms with van der Waals surface area (Å²) in [6.07, 6.45) is 5.51. The van der Waals surface area contributed by atoms with Crippen LogP contribution >= 0.6 is 15.9 Å². The van der Waals surface area contributed by atoms with E-state index in [-0.39, 0.29) is 5.97 Å². The number of esters is 1. The standard InChI is InChI=1S/C12H11BrN2O2/c1-17-12(16)9-5-8(3-2-4-13)6-11-10(9)7-14-15-11/h2-3,5-7H,4H2,1H3,(H,14,15). The number of rotatable bonds is 3. The normalized spacial score (nSPS) is 11.2. The summed E-state index contributed by atoms with van der Waals surface area (Å²) in [6, 6.07) is 3.73. The van der Waals surface area contributed by atoms with E-state index in [1.165, 1.54) is 7.11 Å². The first kappa shape index (κ1) is 11.9. The van der Waals surface area contributed by atoms with Crippen molar-refractivity contribution in [3.63, 3.8) is 0 Å². The first-order valence-corrected chi connectivity index (χ1v) is 6.16. The Kier molecular flexibility index (Phi) is 3.58. The van der Waals surface area contributed by atoms with Gasteiger partial charge in [-0.25, -0.2) is 4.79 Å². The first-order chi connectivity index (χ1) is 8.26. The number of carbonyl (C=O) groups excluding carboxylic acids is 1. The lowest BCUT2D eigenvalue weighted by atomic mass is 10.1. The minimum Gasteiger partial charge on any atom is -0.465 e. The molecule has 88 valence electrons. The molecule has 0 atom stereocenters. The molecule has 0 radical (unpaired) electrons. The third kappa shape index (κ3) is 2.39. The van der Waals surface area contributed by atoms with Crippen LogP contribution in [0.1, 0.15) is 15.9 Å². The molecule has 0 unspecified atom stereocenters. The summed E-state index contributed by atoms with van der Waals surface area (Å²) in [4.78, 5) is 11.7. The van der Waals surface area contributed by atoms with Gasteiger partial charge in [-0.2, -0.15) is 5.10 Å². The fraction of sp³-hybridized carbons (Fsp3) is 0.167. The number of hydrogen-bond acceptors (Lipinski definition) is 3. The van der Waals surface area contributed by atoms with Crippen LogP contribution in [0.3, 0.4) is 0 Å². The number of ether oxygens (including phenoxy) is 1. The molecule has 0 spiro atoms. The van der Waals surface area contributed by atoms with Gasteiger partial charge in [-0.3, -0.25) is 5.10 Å². The van der Waals surface area contributed by atoms with E-state index in [0.29, 0.717) is 5.56 Å². The number of hydrogen-bond donors (Lipinski definition) is 1. The number of fused-ring (bicyclic) bond motifs is 1. The third-order valence-electron chi connectivity index (χ3n) is 2.39. The van der Waals surface area contributed by atoms with E-state index in [1.54, 1.807) is 12.3 Å². The Hall–Kier alpha value is -1.62. The molecule has 5 heteroatoms. The fourth-order valence-electron chi connectivity index (χ4n) is 1.63. The highest BCUT2D eigenvalue weighted by molar-refractivity contribution is 9.09. The second-order valence-electron chi connectivity index (χ2n) is 3.45. The zero-order chi connectivity index (χ0) is 12.3. The first-order valence-electron chi connectivity index (χ1n) is 5.04. The van der Waals surface area contributed by atoms with Crippen LogP contribution in [0.2, 0.25) is 0 Å². The molecule has 1 aromatic carbocycles. The van der Waals surface area contributed by atoms with Crippen LogP contribution in [0.4, 0.5) is 0 Å². The van der Waals surface area contributed by atoms with Crippen LogP contribution in [-0.2, 0) is 4.74 Å². The maximum Gasteiger partial charge on any atom is 0.338 e. The molecule has 2 rings (SSSR count). The fourth-order valence-corrected chi connectivity index (χ4v) is 1.82. The highest BCUT2D eigenvalue weighted by Gasteiger charge is 2.12. The quantitative estimate of drug-likeness (QED) is 0.699. The smallest absolute Gasteiger partial charge is 0.338 e. The van der Waals surface area contributed by atoms with Gasteiger partial charge in [0.25, 0.3) is 0 Å². The van der Waals surface area contributed by atoms with Gasteiger partial charge in [0.05, 0.1) is 24.4 Å². The Labute approximate surface area is 107 Å². The van der Waals surface area contributed by atoms with Crippen LogP contribution in [0.25, 0.3) is 17.0 Å². The monoisotopic (exact) mass is 294 g/mol. The molecule has 0 aliphatic carbocycles. The van der Waals surface area contributed by atoms with Crippen molar-refractivity contribution in [3.05, 3.63) is 35.5 Å². The Morgan fingerprint density at radius 2 is 2.41 bits per heavy atom. The Balaban J connectivity index is 2.58. The van der Waals surface area contributed by atoms with Crippen molar-refractivity contribution in [2.24, 2.45) is 0 Å². The molecule has 0 amide bonds. The molecule has 1 heterocycles. The van der Waals surface area contributed by atoms with E-state index < -0.39 is 0 Å². The molecule has 17 heavy (non-hydrogen) atoms. The Bertz CT molecular complexity index is 575. The van der Waals surface area contributed by atoms with E-state index in [4.69, 9.17) is 4.74 Å². The maximum absolute atomic E-state index is 11.7. The van der Waals surface area contributed by atoms with Crippen molar-refractivity contribution in [3.8, 4) is 0 Å². The molecule has 0 fully saturated rings. The highest BCUT2D eigenvalue weighted by atomic mass is 79.9. The average Bonchev–Trinajstić information content (AvgIpc) is 2.82. The summed E-state index contributed by atoms with van der Waals surface area (Å²) in [6.45, 7) is 0. The predicted octanol–water partition coefficient (Wildman–Crippen LogP) is 2.76. The van der Waals surface area contributed by atoms with Crippen LogP contribution in [-0.4, -0.2) is 28.6 Å². The second-order valence-corrected chi connectivity index (χ2v) is 4.10. The highest BCUT2D eigenvalue weighted by Crippen LogP contribution is 2.20. The number of nitrogens with zero attached hydrogens (tertiary/aromatic N) is 1. The van der Waals surface area contributed by atoms with Gasteiger partial charge in [0.1, 0.15) is 0 Å². The predicted molar refractivity (Wildman–Crippen MR) is 70.3 cm³/mol. The SMILES string of the molecule is COC(=O)c1cc(C=CCBr)cc2[nH]ncc12. The summed E-state index contributed by atoms with van der Waals surface area (Å²) < 4.78 is 4.76. The van der Waals surface area contributed by atoms with E-state index in [1.807, 2.05) is 18.2 Å². The molecule has 0 saturated carbocycles. The Morgan fingerprint density at radius 1 is 1.59 bits per heavy atom. The van der Waals surface area contributed by atoms with Gasteiger partial charge >= 0.3 is 5.97 Å². The minimum absolute atomic E-state index is 0.356. The second kappa shape index (κ2) is 5.14. The number of aromatic amines is 1. The molecule has 0 aliphatic heterocycles. The van der Waals surface area contributed by atoms with Gasteiger partial charge in [-0.1, -0.05) is 28.1 Å². The molecule has 0 saturated heterocycles. The van der Waals surface area contributed by atoms with Gasteiger partial charge in [0, 0.05) is 10.7 Å². The van der Waals surface area contributed by atoms with Gasteiger partial charge < -0.3 is 4.74 Å².